The maximum atomic E-state index is 14.8. The summed E-state index contributed by atoms with van der Waals surface area (Å²) >= 11 is 0. The van der Waals surface area contributed by atoms with Crippen molar-refractivity contribution in [2.45, 2.75) is 58.7 Å². The summed E-state index contributed by atoms with van der Waals surface area (Å²) < 4.78 is 35.3. The second kappa shape index (κ2) is 13.5. The van der Waals surface area contributed by atoms with Crippen molar-refractivity contribution in [1.29, 1.82) is 0 Å². The zero-order chi connectivity index (χ0) is 34.3. The van der Waals surface area contributed by atoms with Gasteiger partial charge in [0.05, 0.1) is 35.9 Å². The highest BCUT2D eigenvalue weighted by Crippen LogP contribution is 2.61. The summed E-state index contributed by atoms with van der Waals surface area (Å²) in [5.41, 5.74) is 2.07. The van der Waals surface area contributed by atoms with Gasteiger partial charge in [-0.3, -0.25) is 14.3 Å². The minimum atomic E-state index is -0.454. The first-order valence-corrected chi connectivity index (χ1v) is 17.2. The van der Waals surface area contributed by atoms with Gasteiger partial charge >= 0.3 is 0 Å². The van der Waals surface area contributed by atoms with Crippen molar-refractivity contribution in [2.24, 2.45) is 28.2 Å². The van der Waals surface area contributed by atoms with Crippen LogP contribution in [0.15, 0.2) is 64.8 Å². The molecule has 3 heterocycles. The third kappa shape index (κ3) is 6.38. The van der Waals surface area contributed by atoms with Gasteiger partial charge in [0.25, 0.3) is 5.56 Å². The molecule has 0 spiro atoms. The van der Waals surface area contributed by atoms with Crippen LogP contribution in [-0.2, 0) is 13.0 Å². The van der Waals surface area contributed by atoms with Gasteiger partial charge in [0.2, 0.25) is 0 Å². The lowest BCUT2D eigenvalue weighted by Crippen LogP contribution is -2.63. The molecule has 10 nitrogen and oxygen atoms in total. The van der Waals surface area contributed by atoms with Crippen molar-refractivity contribution in [3.63, 3.8) is 0 Å². The van der Waals surface area contributed by atoms with Gasteiger partial charge in [-0.05, 0) is 72.3 Å². The summed E-state index contributed by atoms with van der Waals surface area (Å²) in [5.74, 6) is 2.88. The summed E-state index contributed by atoms with van der Waals surface area (Å²) in [6.45, 7) is 8.70. The first-order chi connectivity index (χ1) is 23.7. The highest BCUT2D eigenvalue weighted by Gasteiger charge is 2.56. The number of benzene rings is 2. The average Bonchev–Trinajstić information content (AvgIpc) is 3.12. The van der Waals surface area contributed by atoms with Crippen molar-refractivity contribution in [1.82, 2.24) is 35.1 Å². The predicted octanol–water partition coefficient (Wildman–Crippen LogP) is 5.14. The van der Waals surface area contributed by atoms with Gasteiger partial charge in [-0.15, -0.1) is 0 Å². The van der Waals surface area contributed by atoms with Crippen LogP contribution in [-0.4, -0.2) is 75.9 Å². The van der Waals surface area contributed by atoms with Gasteiger partial charge in [-0.25, -0.2) is 23.7 Å². The van der Waals surface area contributed by atoms with Gasteiger partial charge in [-0.2, -0.15) is 0 Å². The highest BCUT2D eigenvalue weighted by atomic mass is 19.1. The molecule has 3 saturated carbocycles. The summed E-state index contributed by atoms with van der Waals surface area (Å²) in [6.07, 6.45) is 7.27. The Bertz CT molecular complexity index is 1920. The molecular formula is C37H44F2N8O2. The van der Waals surface area contributed by atoms with Crippen LogP contribution in [0.4, 0.5) is 14.5 Å². The molecule has 2 aromatic carbocycles. The molecule has 0 unspecified atom stereocenters. The SMILES string of the molecule is COc1ccc(CCn2c(-c3cnccn3)nc3cc(N=C(N[C@H]4C[C@@H]5C[C@@H]([C@H]4C)C5(C)C)N4CCN[C@@H](CF)C4)ccc3c2=O)c(F)c1. The van der Waals surface area contributed by atoms with Gasteiger partial charge in [0.15, 0.2) is 11.8 Å². The van der Waals surface area contributed by atoms with Crippen LogP contribution in [0.3, 0.4) is 0 Å². The average molecular weight is 671 g/mol. The van der Waals surface area contributed by atoms with E-state index in [1.54, 1.807) is 36.8 Å². The summed E-state index contributed by atoms with van der Waals surface area (Å²) in [4.78, 5) is 34.8. The first kappa shape index (κ1) is 33.1. The number of hydrogen-bond acceptors (Lipinski definition) is 7. The van der Waals surface area contributed by atoms with Crippen LogP contribution in [0.2, 0.25) is 0 Å². The second-order valence-corrected chi connectivity index (χ2v) is 14.3. The van der Waals surface area contributed by atoms with E-state index in [1.165, 1.54) is 24.2 Å². The van der Waals surface area contributed by atoms with Crippen LogP contribution in [0, 0.1) is 29.0 Å². The third-order valence-electron chi connectivity index (χ3n) is 11.2. The number of aryl methyl sites for hydroxylation is 1. The van der Waals surface area contributed by atoms with Crippen molar-refractivity contribution in [3.05, 3.63) is 76.7 Å². The molecule has 4 aromatic rings. The molecule has 2 bridgehead atoms. The maximum Gasteiger partial charge on any atom is 0.261 e. The van der Waals surface area contributed by atoms with Crippen molar-refractivity contribution >= 4 is 22.5 Å². The molecule has 2 N–H and O–H groups in total. The van der Waals surface area contributed by atoms with E-state index < -0.39 is 12.5 Å². The van der Waals surface area contributed by atoms with Crippen LogP contribution < -0.4 is 20.9 Å². The Hall–Kier alpha value is -4.45. The van der Waals surface area contributed by atoms with Gasteiger partial charge in [0.1, 0.15) is 23.9 Å². The number of guanidine groups is 1. The van der Waals surface area contributed by atoms with E-state index >= 15 is 0 Å². The number of piperazine rings is 1. The fourth-order valence-corrected chi connectivity index (χ4v) is 8.13. The normalized spacial score (nSPS) is 24.8. The van der Waals surface area contributed by atoms with Crippen LogP contribution in [0.25, 0.3) is 22.4 Å². The standard InChI is InChI=1S/C37H44F2N8O2/c1-22-29-15-24(37(29,2)3)16-31(22)45-36(46-14-12-41-26(19-38)21-46)43-25-6-8-28-32(17-25)44-34(33-20-40-10-11-42-33)47(35(28)48)13-9-23-5-7-27(49-4)18-30(23)39/h5-8,10-11,17-18,20,22,24,26,29,31,41H,9,12-16,19,21H2,1-4H3,(H,43,45)/t22-,24+,26+,29+,31+/m1/s1. The quantitative estimate of drug-likeness (QED) is 0.196. The van der Waals surface area contributed by atoms with Gasteiger partial charge in [-0.1, -0.05) is 26.8 Å². The number of nitrogens with zero attached hydrogens (tertiary/aromatic N) is 6. The monoisotopic (exact) mass is 670 g/mol. The number of fused-ring (bicyclic) bond motifs is 3. The van der Waals surface area contributed by atoms with E-state index in [4.69, 9.17) is 14.7 Å². The highest BCUT2D eigenvalue weighted by molar-refractivity contribution is 5.87. The molecule has 8 rings (SSSR count). The number of alkyl halides is 1. The molecule has 5 atom stereocenters. The largest absolute Gasteiger partial charge is 0.497 e. The van der Waals surface area contributed by atoms with Crippen molar-refractivity contribution in [2.75, 3.05) is 33.4 Å². The minimum Gasteiger partial charge on any atom is -0.497 e. The number of rotatable bonds is 8. The predicted molar refractivity (Wildman–Crippen MR) is 186 cm³/mol. The molecule has 3 aliphatic carbocycles. The van der Waals surface area contributed by atoms with Gasteiger partial charge in [0, 0.05) is 50.7 Å². The topological polar surface area (TPSA) is 110 Å². The van der Waals surface area contributed by atoms with E-state index in [9.17, 15) is 13.6 Å². The Morgan fingerprint density at radius 3 is 2.76 bits per heavy atom. The second-order valence-electron chi connectivity index (χ2n) is 14.3. The zero-order valence-corrected chi connectivity index (χ0v) is 28.5. The number of halogens is 2. The van der Waals surface area contributed by atoms with Crippen LogP contribution >= 0.6 is 0 Å². The Labute approximate surface area is 285 Å². The lowest BCUT2D eigenvalue weighted by atomic mass is 9.45. The minimum absolute atomic E-state index is 0.183. The van der Waals surface area contributed by atoms with E-state index in [-0.39, 0.29) is 30.6 Å². The van der Waals surface area contributed by atoms with E-state index in [0.29, 0.717) is 82.2 Å². The Morgan fingerprint density at radius 2 is 2.04 bits per heavy atom. The molecule has 12 heteroatoms. The van der Waals surface area contributed by atoms with Crippen molar-refractivity contribution < 1.29 is 13.5 Å². The number of ether oxygens (including phenoxy) is 1. The first-order valence-electron chi connectivity index (χ1n) is 17.2. The van der Waals surface area contributed by atoms with Crippen LogP contribution in [0.5, 0.6) is 5.75 Å². The molecule has 4 fully saturated rings. The third-order valence-corrected chi connectivity index (χ3v) is 11.2. The summed E-state index contributed by atoms with van der Waals surface area (Å²) in [5, 5.41) is 7.47. The van der Waals surface area contributed by atoms with Gasteiger partial charge < -0.3 is 20.3 Å². The van der Waals surface area contributed by atoms with E-state index in [1.807, 2.05) is 12.1 Å². The lowest BCUT2D eigenvalue weighted by molar-refractivity contribution is -0.112. The molecule has 258 valence electrons. The molecule has 4 aliphatic rings. The smallest absolute Gasteiger partial charge is 0.261 e. The van der Waals surface area contributed by atoms with E-state index in [2.05, 4.69) is 46.3 Å². The number of methoxy groups -OCH3 is 1. The molecule has 2 aromatic heterocycles. The molecular weight excluding hydrogens is 626 g/mol. The molecule has 49 heavy (non-hydrogen) atoms. The fourth-order valence-electron chi connectivity index (χ4n) is 8.13. The lowest BCUT2D eigenvalue weighted by Gasteiger charge is -2.62. The summed E-state index contributed by atoms with van der Waals surface area (Å²) in [7, 11) is 1.49. The fraction of sp³-hybridized carbons (Fsp3) is 0.486. The molecule has 1 aliphatic heterocycles. The number of nitrogens with one attached hydrogen (secondary N) is 2. The maximum absolute atomic E-state index is 14.8. The Balaban J connectivity index is 1.24. The summed E-state index contributed by atoms with van der Waals surface area (Å²) in [6, 6.07) is 10.1. The Morgan fingerprint density at radius 1 is 1.18 bits per heavy atom. The molecule has 0 radical (unpaired) electrons. The zero-order valence-electron chi connectivity index (χ0n) is 28.5. The number of aliphatic imine (C=N–C) groups is 1. The number of aromatic nitrogens is 4. The molecule has 1 saturated heterocycles. The molecule has 0 amide bonds. The van der Waals surface area contributed by atoms with Crippen LogP contribution in [0.1, 0.15) is 39.2 Å². The number of hydrogen-bond donors (Lipinski definition) is 2. The van der Waals surface area contributed by atoms with E-state index in [0.717, 1.165) is 12.4 Å². The van der Waals surface area contributed by atoms with Crippen molar-refractivity contribution in [3.8, 4) is 17.3 Å². The Kier molecular flexibility index (Phi) is 9.08.